The molecule has 2 aliphatic heterocycles. The highest BCUT2D eigenvalue weighted by molar-refractivity contribution is 9.09. The average Bonchev–Trinajstić information content (AvgIpc) is 3.65. The second-order valence-corrected chi connectivity index (χ2v) is 16.4. The number of nitrogens with one attached hydrogen (secondary N) is 2. The largest absolute Gasteiger partial charge is 0.391 e. The van der Waals surface area contributed by atoms with Crippen LogP contribution in [0, 0.1) is 17.3 Å². The van der Waals surface area contributed by atoms with Crippen molar-refractivity contribution in [2.45, 2.75) is 144 Å². The van der Waals surface area contributed by atoms with Crippen LogP contribution in [0.3, 0.4) is 0 Å². The summed E-state index contributed by atoms with van der Waals surface area (Å²) in [6.07, 6.45) is 16.1. The van der Waals surface area contributed by atoms with Crippen molar-refractivity contribution in [3.63, 3.8) is 0 Å². The molecule has 9 nitrogen and oxygen atoms in total. The highest BCUT2D eigenvalue weighted by atomic mass is 79.9. The first-order valence-electron chi connectivity index (χ1n) is 17.9. The molecule has 7 aliphatic rings. The van der Waals surface area contributed by atoms with E-state index >= 15 is 0 Å². The van der Waals surface area contributed by atoms with Crippen molar-refractivity contribution in [1.82, 2.24) is 20.4 Å². The van der Waals surface area contributed by atoms with E-state index in [2.05, 4.69) is 32.8 Å². The summed E-state index contributed by atoms with van der Waals surface area (Å²) < 4.78 is 6.13. The number of halogens is 1. The number of ether oxygens (including phenoxy) is 1. The molecule has 1 saturated heterocycles. The molecule has 2 bridgehead atoms. The lowest BCUT2D eigenvalue weighted by Crippen LogP contribution is -2.58. The summed E-state index contributed by atoms with van der Waals surface area (Å²) >= 11 is 3.85. The van der Waals surface area contributed by atoms with E-state index in [1.165, 1.54) is 31.3 Å². The Balaban J connectivity index is 1.17. The van der Waals surface area contributed by atoms with Gasteiger partial charge in [-0.3, -0.25) is 14.4 Å². The quantitative estimate of drug-likeness (QED) is 0.293. The number of rotatable bonds is 10. The Morgan fingerprint density at radius 1 is 1.09 bits per heavy atom. The Bertz CT molecular complexity index is 1120. The smallest absolute Gasteiger partial charge is 0.245 e. The molecule has 6 unspecified atom stereocenters. The zero-order chi connectivity index (χ0) is 31.8. The van der Waals surface area contributed by atoms with Crippen LogP contribution in [0.4, 0.5) is 0 Å². The Morgan fingerprint density at radius 3 is 2.49 bits per heavy atom. The van der Waals surface area contributed by atoms with Gasteiger partial charge in [-0.15, -0.1) is 0 Å². The summed E-state index contributed by atoms with van der Waals surface area (Å²) in [4.78, 5) is 46.3. The minimum atomic E-state index is -0.772. The van der Waals surface area contributed by atoms with Crippen molar-refractivity contribution in [3.05, 3.63) is 11.8 Å². The van der Waals surface area contributed by atoms with Crippen LogP contribution in [0.15, 0.2) is 11.8 Å². The van der Waals surface area contributed by atoms with Crippen LogP contribution in [0.1, 0.15) is 110 Å². The van der Waals surface area contributed by atoms with Gasteiger partial charge in [-0.25, -0.2) is 0 Å². The van der Waals surface area contributed by atoms with E-state index in [4.69, 9.17) is 4.74 Å². The molecule has 3 N–H and O–H groups in total. The summed E-state index contributed by atoms with van der Waals surface area (Å²) in [6, 6.07) is -1.07. The van der Waals surface area contributed by atoms with Gasteiger partial charge < -0.3 is 30.3 Å². The molecule has 0 aromatic carbocycles. The van der Waals surface area contributed by atoms with E-state index in [1.807, 2.05) is 18.9 Å². The number of hydrogen-bond donors (Lipinski definition) is 3. The number of likely N-dealkylation sites (N-methyl/N-ethyl adjacent to an activating group) is 1. The van der Waals surface area contributed by atoms with E-state index in [-0.39, 0.29) is 36.3 Å². The maximum absolute atomic E-state index is 14.2. The summed E-state index contributed by atoms with van der Waals surface area (Å²) in [6.45, 7) is 3.54. The van der Waals surface area contributed by atoms with E-state index in [0.29, 0.717) is 42.3 Å². The highest BCUT2D eigenvalue weighted by Crippen LogP contribution is 2.55. The number of hydrogen-bond acceptors (Lipinski definition) is 6. The van der Waals surface area contributed by atoms with Crippen LogP contribution < -0.4 is 10.6 Å². The van der Waals surface area contributed by atoms with E-state index in [0.717, 1.165) is 64.2 Å². The topological polar surface area (TPSA) is 111 Å². The van der Waals surface area contributed by atoms with Crippen LogP contribution in [0.2, 0.25) is 0 Å². The first-order valence-corrected chi connectivity index (χ1v) is 18.8. The van der Waals surface area contributed by atoms with Gasteiger partial charge in [0.2, 0.25) is 17.7 Å². The molecule has 7 rings (SSSR count). The molecule has 2 heterocycles. The molecule has 0 aromatic heterocycles. The molecule has 0 aromatic rings. The van der Waals surface area contributed by atoms with Crippen LogP contribution in [-0.4, -0.2) is 94.0 Å². The molecule has 3 amide bonds. The molecular weight excluding hydrogens is 636 g/mol. The maximum Gasteiger partial charge on any atom is 0.245 e. The second kappa shape index (κ2) is 13.8. The molecule has 7 atom stereocenters. The number of fused-ring (bicyclic) bond motifs is 4. The van der Waals surface area contributed by atoms with Gasteiger partial charge in [0.05, 0.1) is 11.7 Å². The van der Waals surface area contributed by atoms with Crippen molar-refractivity contribution in [1.29, 1.82) is 0 Å². The second-order valence-electron chi connectivity index (χ2n) is 15.2. The zero-order valence-electron chi connectivity index (χ0n) is 27.4. The first-order chi connectivity index (χ1) is 21.6. The summed E-state index contributed by atoms with van der Waals surface area (Å²) in [5, 5.41) is 17.4. The van der Waals surface area contributed by atoms with Crippen molar-refractivity contribution < 1.29 is 24.2 Å². The van der Waals surface area contributed by atoms with Gasteiger partial charge in [0, 0.05) is 55.4 Å². The van der Waals surface area contributed by atoms with Gasteiger partial charge in [-0.05, 0) is 95.2 Å². The lowest BCUT2D eigenvalue weighted by molar-refractivity contribution is -0.169. The molecule has 10 heteroatoms. The summed E-state index contributed by atoms with van der Waals surface area (Å²) in [5.74, 6) is 0.395. The van der Waals surface area contributed by atoms with Gasteiger partial charge in [0.1, 0.15) is 12.1 Å². The van der Waals surface area contributed by atoms with Gasteiger partial charge in [0.15, 0.2) is 0 Å². The molecule has 252 valence electrons. The number of nitrogens with zero attached hydrogens (tertiary/aromatic N) is 2. The Hall–Kier alpha value is -1.65. The van der Waals surface area contributed by atoms with Crippen LogP contribution in [0.5, 0.6) is 0 Å². The van der Waals surface area contributed by atoms with Crippen molar-refractivity contribution in [2.75, 3.05) is 26.7 Å². The lowest BCUT2D eigenvalue weighted by Gasteiger charge is -2.53. The summed E-state index contributed by atoms with van der Waals surface area (Å²) in [5.41, 5.74) is 0.619. The number of likely N-dealkylation sites (tertiary alicyclic amines) is 1. The van der Waals surface area contributed by atoms with E-state index < -0.39 is 23.6 Å². The molecular formula is C35H55BrN4O5. The van der Waals surface area contributed by atoms with E-state index in [1.54, 1.807) is 4.90 Å². The third-order valence-electron chi connectivity index (χ3n) is 12.4. The molecule has 0 radical (unpaired) electrons. The third kappa shape index (κ3) is 6.85. The van der Waals surface area contributed by atoms with Gasteiger partial charge >= 0.3 is 0 Å². The molecule has 5 aliphatic carbocycles. The molecule has 5 saturated carbocycles. The number of aliphatic hydroxyl groups is 1. The fourth-order valence-electron chi connectivity index (χ4n) is 9.67. The van der Waals surface area contributed by atoms with Gasteiger partial charge in [-0.1, -0.05) is 41.6 Å². The minimum Gasteiger partial charge on any atom is -0.391 e. The zero-order valence-corrected chi connectivity index (χ0v) is 29.0. The van der Waals surface area contributed by atoms with Gasteiger partial charge in [-0.2, -0.15) is 0 Å². The number of aliphatic hydroxyl groups excluding tert-OH is 1. The molecule has 0 spiro atoms. The van der Waals surface area contributed by atoms with E-state index in [9.17, 15) is 19.5 Å². The SMILES string of the molecule is CCOC12CCC(C(=O)N3C[C@H](O)CC3C(=O)NC(CC3=CNC4CCCCC34)C(=O)N(C)CC3CCCCC3Br)(CC1)CC2. The Kier molecular flexibility index (Phi) is 10.2. The Morgan fingerprint density at radius 2 is 1.78 bits per heavy atom. The van der Waals surface area contributed by atoms with Crippen LogP contribution in [0.25, 0.3) is 0 Å². The highest BCUT2D eigenvalue weighted by Gasteiger charge is 2.56. The van der Waals surface area contributed by atoms with Crippen molar-refractivity contribution in [3.8, 4) is 0 Å². The van der Waals surface area contributed by atoms with Gasteiger partial charge in [0.25, 0.3) is 0 Å². The predicted molar refractivity (Wildman–Crippen MR) is 176 cm³/mol. The van der Waals surface area contributed by atoms with Crippen LogP contribution >= 0.6 is 15.9 Å². The fourth-order valence-corrected chi connectivity index (χ4v) is 10.4. The number of β-amino-alcohol motifs (C(OH)–C–C–N with tert-alkyl or cyclic N) is 1. The number of amides is 3. The third-order valence-corrected chi connectivity index (χ3v) is 13.6. The maximum atomic E-state index is 14.2. The number of alkyl halides is 1. The first kappa shape index (κ1) is 33.3. The molecule has 6 fully saturated rings. The standard InChI is InChI=1S/C35H55BrN4O5/c1-3-45-35-15-12-34(13-16-35,14-17-35)33(44)40-22-25(41)19-30(40)31(42)38-29(18-24-20-37-28-11-7-5-9-26(24)28)32(43)39(2)21-23-8-4-6-10-27(23)36/h20,23,25-30,37,41H,3-19,21-22H2,1-2H3,(H,38,42)/t23?,25-,26?,27?,28?,29?,30?,34?,35?/m1/s1. The van der Waals surface area contributed by atoms with Crippen LogP contribution in [-0.2, 0) is 19.1 Å². The minimum absolute atomic E-state index is 0.00240. The van der Waals surface area contributed by atoms with Crippen molar-refractivity contribution in [2.24, 2.45) is 17.3 Å². The lowest BCUT2D eigenvalue weighted by atomic mass is 9.58. The predicted octanol–water partition coefficient (Wildman–Crippen LogP) is 4.41. The number of carbonyl (C=O) groups is 3. The summed E-state index contributed by atoms with van der Waals surface area (Å²) in [7, 11) is 1.86. The average molecular weight is 692 g/mol. The number of carbonyl (C=O) groups excluding carboxylic acids is 3. The Labute approximate surface area is 277 Å². The monoisotopic (exact) mass is 690 g/mol. The normalized spacial score (nSPS) is 38.2. The fraction of sp³-hybridized carbons (Fsp3) is 0.857. The molecule has 45 heavy (non-hydrogen) atoms. The van der Waals surface area contributed by atoms with Crippen molar-refractivity contribution >= 4 is 33.7 Å².